The van der Waals surface area contributed by atoms with E-state index in [9.17, 15) is 4.79 Å². The molecule has 1 aliphatic heterocycles. The molecule has 1 aromatic carbocycles. The number of epoxide rings is 1. The van der Waals surface area contributed by atoms with Crippen molar-refractivity contribution in [2.45, 2.75) is 12.5 Å². The van der Waals surface area contributed by atoms with E-state index in [1.165, 1.54) is 0 Å². The fourth-order valence-electron chi connectivity index (χ4n) is 1.39. The molecule has 15 heavy (non-hydrogen) atoms. The number of hydrogen-bond acceptors (Lipinski definition) is 2. The van der Waals surface area contributed by atoms with Gasteiger partial charge in [0.2, 0.25) is 0 Å². The van der Waals surface area contributed by atoms with Crippen LogP contribution in [0.4, 0.5) is 0 Å². The predicted octanol–water partition coefficient (Wildman–Crippen LogP) is 1.94. The standard InChI is InChI=1S/C12H12O3/c13-12(14)10(7-11-8-15-11)6-9-4-2-1-3-5-9/h1-6,11H,7-8H2,(H,13,14). The second kappa shape index (κ2) is 4.28. The molecular weight excluding hydrogens is 192 g/mol. The van der Waals surface area contributed by atoms with Gasteiger partial charge in [0.05, 0.1) is 12.7 Å². The van der Waals surface area contributed by atoms with E-state index in [0.717, 1.165) is 5.56 Å². The zero-order chi connectivity index (χ0) is 10.7. The first kappa shape index (κ1) is 9.93. The molecule has 1 aliphatic rings. The lowest BCUT2D eigenvalue weighted by Crippen LogP contribution is -2.03. The average Bonchev–Trinajstić information content (AvgIpc) is 3.02. The highest BCUT2D eigenvalue weighted by Crippen LogP contribution is 2.21. The van der Waals surface area contributed by atoms with Crippen molar-refractivity contribution in [3.05, 3.63) is 41.5 Å². The summed E-state index contributed by atoms with van der Waals surface area (Å²) in [5.74, 6) is -0.866. The Hall–Kier alpha value is -1.61. The molecule has 0 amide bonds. The van der Waals surface area contributed by atoms with Crippen molar-refractivity contribution in [2.24, 2.45) is 0 Å². The Morgan fingerprint density at radius 1 is 1.47 bits per heavy atom. The molecule has 1 fully saturated rings. The molecule has 1 aromatic rings. The van der Waals surface area contributed by atoms with Crippen molar-refractivity contribution in [2.75, 3.05) is 6.61 Å². The molecule has 1 N–H and O–H groups in total. The van der Waals surface area contributed by atoms with Crippen LogP contribution in [-0.2, 0) is 9.53 Å². The molecule has 0 bridgehead atoms. The number of benzene rings is 1. The van der Waals surface area contributed by atoms with Gasteiger partial charge in [0.25, 0.3) is 0 Å². The number of carbonyl (C=O) groups is 1. The minimum atomic E-state index is -0.866. The lowest BCUT2D eigenvalue weighted by atomic mass is 10.1. The van der Waals surface area contributed by atoms with Crippen molar-refractivity contribution in [1.82, 2.24) is 0 Å². The first-order chi connectivity index (χ1) is 7.25. The van der Waals surface area contributed by atoms with E-state index in [0.29, 0.717) is 18.6 Å². The molecule has 2 rings (SSSR count). The average molecular weight is 204 g/mol. The number of carboxylic acids is 1. The SMILES string of the molecule is O=C(O)C(=Cc1ccccc1)CC1CO1. The molecule has 0 saturated carbocycles. The van der Waals surface area contributed by atoms with Gasteiger partial charge < -0.3 is 9.84 Å². The summed E-state index contributed by atoms with van der Waals surface area (Å²) in [4.78, 5) is 10.9. The van der Waals surface area contributed by atoms with Crippen LogP contribution in [0.5, 0.6) is 0 Å². The van der Waals surface area contributed by atoms with Crippen LogP contribution in [0, 0.1) is 0 Å². The molecule has 78 valence electrons. The van der Waals surface area contributed by atoms with Gasteiger partial charge >= 0.3 is 5.97 Å². The van der Waals surface area contributed by atoms with Crippen LogP contribution in [0.1, 0.15) is 12.0 Å². The van der Waals surface area contributed by atoms with Crippen LogP contribution in [0.25, 0.3) is 6.08 Å². The molecule has 3 nitrogen and oxygen atoms in total. The maximum absolute atomic E-state index is 10.9. The second-order valence-electron chi connectivity index (χ2n) is 3.54. The Balaban J connectivity index is 2.15. The van der Waals surface area contributed by atoms with Gasteiger partial charge in [-0.25, -0.2) is 4.79 Å². The first-order valence-electron chi connectivity index (χ1n) is 4.86. The van der Waals surface area contributed by atoms with E-state index in [-0.39, 0.29) is 6.10 Å². The van der Waals surface area contributed by atoms with Gasteiger partial charge in [-0.3, -0.25) is 0 Å². The molecule has 1 atom stereocenters. The lowest BCUT2D eigenvalue weighted by molar-refractivity contribution is -0.132. The smallest absolute Gasteiger partial charge is 0.331 e. The Kier molecular flexibility index (Phi) is 2.83. The van der Waals surface area contributed by atoms with Crippen LogP contribution in [0.15, 0.2) is 35.9 Å². The fraction of sp³-hybridized carbons (Fsp3) is 0.250. The number of rotatable bonds is 4. The number of carboxylic acid groups (broad SMARTS) is 1. The zero-order valence-corrected chi connectivity index (χ0v) is 8.22. The summed E-state index contributed by atoms with van der Waals surface area (Å²) in [5.41, 5.74) is 1.32. The summed E-state index contributed by atoms with van der Waals surface area (Å²) in [6.07, 6.45) is 2.30. The maximum atomic E-state index is 10.9. The molecule has 3 heteroatoms. The second-order valence-corrected chi connectivity index (χ2v) is 3.54. The number of aliphatic carboxylic acids is 1. The molecule has 0 aromatic heterocycles. The third-order valence-corrected chi connectivity index (χ3v) is 2.27. The minimum Gasteiger partial charge on any atom is -0.478 e. The summed E-state index contributed by atoms with van der Waals surface area (Å²) in [6, 6.07) is 9.45. The van der Waals surface area contributed by atoms with E-state index in [4.69, 9.17) is 9.84 Å². The largest absolute Gasteiger partial charge is 0.478 e. The topological polar surface area (TPSA) is 49.8 Å². The van der Waals surface area contributed by atoms with Crippen LogP contribution in [0.2, 0.25) is 0 Å². The van der Waals surface area contributed by atoms with Crippen molar-refractivity contribution in [3.8, 4) is 0 Å². The van der Waals surface area contributed by atoms with Gasteiger partial charge in [-0.1, -0.05) is 30.3 Å². The van der Waals surface area contributed by atoms with Gasteiger partial charge in [-0.05, 0) is 11.6 Å². The van der Waals surface area contributed by atoms with Gasteiger partial charge in [0.15, 0.2) is 0 Å². The van der Waals surface area contributed by atoms with Crippen molar-refractivity contribution in [3.63, 3.8) is 0 Å². The van der Waals surface area contributed by atoms with Crippen LogP contribution >= 0.6 is 0 Å². The predicted molar refractivity (Wildman–Crippen MR) is 56.4 cm³/mol. The monoisotopic (exact) mass is 204 g/mol. The normalized spacial score (nSPS) is 20.0. The molecule has 1 heterocycles. The van der Waals surface area contributed by atoms with Gasteiger partial charge in [-0.2, -0.15) is 0 Å². The third-order valence-electron chi connectivity index (χ3n) is 2.27. The lowest BCUT2D eigenvalue weighted by Gasteiger charge is -1.99. The molecular formula is C12H12O3. The van der Waals surface area contributed by atoms with Gasteiger partial charge in [0.1, 0.15) is 0 Å². The van der Waals surface area contributed by atoms with Crippen LogP contribution in [0.3, 0.4) is 0 Å². The summed E-state index contributed by atoms with van der Waals surface area (Å²) in [7, 11) is 0. The number of ether oxygens (including phenoxy) is 1. The van der Waals surface area contributed by atoms with Crippen LogP contribution < -0.4 is 0 Å². The summed E-state index contributed by atoms with van der Waals surface area (Å²) < 4.78 is 5.02. The van der Waals surface area contributed by atoms with E-state index in [1.54, 1.807) is 6.08 Å². The minimum absolute atomic E-state index is 0.107. The molecule has 0 spiro atoms. The highest BCUT2D eigenvalue weighted by atomic mass is 16.6. The Labute approximate surface area is 88.0 Å². The first-order valence-corrected chi connectivity index (χ1v) is 4.86. The van der Waals surface area contributed by atoms with E-state index < -0.39 is 5.97 Å². The summed E-state index contributed by atoms with van der Waals surface area (Å²) in [6.45, 7) is 0.680. The quantitative estimate of drug-likeness (QED) is 0.602. The summed E-state index contributed by atoms with van der Waals surface area (Å²) in [5, 5.41) is 8.99. The fourth-order valence-corrected chi connectivity index (χ4v) is 1.39. The van der Waals surface area contributed by atoms with Gasteiger partial charge in [-0.15, -0.1) is 0 Å². The maximum Gasteiger partial charge on any atom is 0.331 e. The van der Waals surface area contributed by atoms with Crippen molar-refractivity contribution >= 4 is 12.0 Å². The molecule has 1 saturated heterocycles. The molecule has 0 radical (unpaired) electrons. The Morgan fingerprint density at radius 2 is 2.13 bits per heavy atom. The Morgan fingerprint density at radius 3 is 2.67 bits per heavy atom. The molecule has 0 aliphatic carbocycles. The van der Waals surface area contributed by atoms with E-state index in [1.807, 2.05) is 30.3 Å². The summed E-state index contributed by atoms with van der Waals surface area (Å²) >= 11 is 0. The van der Waals surface area contributed by atoms with Crippen LogP contribution in [-0.4, -0.2) is 23.8 Å². The highest BCUT2D eigenvalue weighted by molar-refractivity contribution is 5.92. The van der Waals surface area contributed by atoms with E-state index in [2.05, 4.69) is 0 Å². The molecule has 1 unspecified atom stereocenters. The number of hydrogen-bond donors (Lipinski definition) is 1. The van der Waals surface area contributed by atoms with Gasteiger partial charge in [0, 0.05) is 12.0 Å². The highest BCUT2D eigenvalue weighted by Gasteiger charge is 2.26. The Bertz CT molecular complexity index is 377. The van der Waals surface area contributed by atoms with Crippen molar-refractivity contribution in [1.29, 1.82) is 0 Å². The third kappa shape index (κ3) is 2.92. The van der Waals surface area contributed by atoms with Crippen molar-refractivity contribution < 1.29 is 14.6 Å². The zero-order valence-electron chi connectivity index (χ0n) is 8.22. The van der Waals surface area contributed by atoms with E-state index >= 15 is 0 Å².